The molecule has 4 rings (SSSR count). The molecule has 3 aromatic rings. The van der Waals surface area contributed by atoms with E-state index in [0.717, 1.165) is 28.8 Å². The summed E-state index contributed by atoms with van der Waals surface area (Å²) in [6, 6.07) is 10.4. The van der Waals surface area contributed by atoms with Gasteiger partial charge in [0.15, 0.2) is 0 Å². The Balaban J connectivity index is 1.78. The number of hydrogen-bond donors (Lipinski definition) is 1. The van der Waals surface area contributed by atoms with E-state index in [4.69, 9.17) is 4.52 Å². The van der Waals surface area contributed by atoms with Crippen LogP contribution in [-0.2, 0) is 12.8 Å². The van der Waals surface area contributed by atoms with Gasteiger partial charge in [-0.25, -0.2) is 0 Å². The molecule has 0 saturated carbocycles. The number of benzene rings is 1. The quantitative estimate of drug-likeness (QED) is 0.750. The summed E-state index contributed by atoms with van der Waals surface area (Å²) < 4.78 is 5.07. The van der Waals surface area contributed by atoms with Crippen LogP contribution in [-0.4, -0.2) is 11.1 Å². The Morgan fingerprint density at radius 2 is 2.12 bits per heavy atom. The van der Waals surface area contributed by atoms with Gasteiger partial charge >= 0.3 is 0 Å². The molecule has 1 amide bonds. The van der Waals surface area contributed by atoms with Crippen LogP contribution in [0.4, 0.5) is 5.00 Å². The second kappa shape index (κ2) is 5.87. The van der Waals surface area contributed by atoms with Crippen molar-refractivity contribution in [1.29, 1.82) is 5.26 Å². The normalized spacial score (nSPS) is 12.2. The Labute approximate surface area is 148 Å². The Kier molecular flexibility index (Phi) is 3.66. The van der Waals surface area contributed by atoms with Gasteiger partial charge in [0.05, 0.1) is 11.3 Å². The first kappa shape index (κ1) is 15.6. The summed E-state index contributed by atoms with van der Waals surface area (Å²) in [7, 11) is 0. The lowest BCUT2D eigenvalue weighted by Gasteiger charge is -2.16. The number of amides is 1. The summed E-state index contributed by atoms with van der Waals surface area (Å²) in [6.07, 6.45) is 1.83. The lowest BCUT2D eigenvalue weighted by atomic mass is 9.88. The molecule has 2 aromatic heterocycles. The van der Waals surface area contributed by atoms with Crippen LogP contribution < -0.4 is 5.32 Å². The maximum absolute atomic E-state index is 12.6. The third kappa shape index (κ3) is 2.44. The van der Waals surface area contributed by atoms with Gasteiger partial charge in [-0.05, 0) is 37.8 Å². The Bertz CT molecular complexity index is 1020. The number of anilines is 1. The van der Waals surface area contributed by atoms with Gasteiger partial charge in [0.1, 0.15) is 22.4 Å². The summed E-state index contributed by atoms with van der Waals surface area (Å²) in [5.41, 5.74) is 4.80. The maximum Gasteiger partial charge on any atom is 0.261 e. The van der Waals surface area contributed by atoms with Gasteiger partial charge in [0.2, 0.25) is 0 Å². The molecule has 1 aromatic carbocycles. The highest BCUT2D eigenvalue weighted by Gasteiger charge is 2.27. The zero-order valence-corrected chi connectivity index (χ0v) is 14.7. The van der Waals surface area contributed by atoms with Crippen LogP contribution in [0.5, 0.6) is 0 Å². The van der Waals surface area contributed by atoms with E-state index in [1.54, 1.807) is 13.8 Å². The minimum absolute atomic E-state index is 0.292. The second-order valence-electron chi connectivity index (χ2n) is 6.03. The molecule has 0 fully saturated rings. The van der Waals surface area contributed by atoms with E-state index in [1.165, 1.54) is 16.9 Å². The van der Waals surface area contributed by atoms with Crippen molar-refractivity contribution in [2.75, 3.05) is 5.32 Å². The number of hydrogen-bond acceptors (Lipinski definition) is 5. The molecule has 1 N–H and O–H groups in total. The molecule has 2 heterocycles. The van der Waals surface area contributed by atoms with Crippen LogP contribution in [0.1, 0.15) is 37.8 Å². The Morgan fingerprint density at radius 3 is 2.84 bits per heavy atom. The molecule has 25 heavy (non-hydrogen) atoms. The first-order chi connectivity index (χ1) is 12.1. The molecule has 0 bridgehead atoms. The zero-order chi connectivity index (χ0) is 17.6. The number of aryl methyl sites for hydroxylation is 4. The zero-order valence-electron chi connectivity index (χ0n) is 13.8. The van der Waals surface area contributed by atoms with E-state index in [9.17, 15) is 10.1 Å². The number of aromatic nitrogens is 1. The minimum Gasteiger partial charge on any atom is -0.361 e. The van der Waals surface area contributed by atoms with Gasteiger partial charge in [-0.2, -0.15) is 5.26 Å². The number of nitrogens with zero attached hydrogens (tertiary/aromatic N) is 2. The smallest absolute Gasteiger partial charge is 0.261 e. The van der Waals surface area contributed by atoms with Gasteiger partial charge < -0.3 is 9.84 Å². The van der Waals surface area contributed by atoms with Crippen LogP contribution in [0.25, 0.3) is 11.1 Å². The van der Waals surface area contributed by atoms with E-state index in [-0.39, 0.29) is 5.91 Å². The highest BCUT2D eigenvalue weighted by atomic mass is 32.1. The molecule has 6 heteroatoms. The van der Waals surface area contributed by atoms with Crippen molar-refractivity contribution in [2.24, 2.45) is 0 Å². The predicted octanol–water partition coefficient (Wildman–Crippen LogP) is 4.24. The highest BCUT2D eigenvalue weighted by molar-refractivity contribution is 7.17. The SMILES string of the molecule is Cc1noc(C)c1C(=O)Nc1sc2c(c1C#N)-c1ccccc1CC2. The molecule has 0 radical (unpaired) electrons. The molecular formula is C19H15N3O2S. The average Bonchev–Trinajstić information content (AvgIpc) is 3.14. The first-order valence-corrected chi connectivity index (χ1v) is 8.80. The summed E-state index contributed by atoms with van der Waals surface area (Å²) in [4.78, 5) is 13.8. The lowest BCUT2D eigenvalue weighted by molar-refractivity contribution is 0.102. The summed E-state index contributed by atoms with van der Waals surface area (Å²) in [5, 5.41) is 17.0. The molecular weight excluding hydrogens is 334 g/mol. The molecule has 0 saturated heterocycles. The van der Waals surface area contributed by atoms with Crippen molar-refractivity contribution >= 4 is 22.2 Å². The largest absolute Gasteiger partial charge is 0.361 e. The van der Waals surface area contributed by atoms with Crippen LogP contribution in [0.3, 0.4) is 0 Å². The van der Waals surface area contributed by atoms with Crippen molar-refractivity contribution in [3.05, 3.63) is 57.3 Å². The topological polar surface area (TPSA) is 78.9 Å². The van der Waals surface area contributed by atoms with E-state index in [0.29, 0.717) is 27.6 Å². The Morgan fingerprint density at radius 1 is 1.32 bits per heavy atom. The van der Waals surface area contributed by atoms with Crippen molar-refractivity contribution in [3.63, 3.8) is 0 Å². The summed E-state index contributed by atoms with van der Waals surface area (Å²) in [6.45, 7) is 3.43. The standard InChI is InChI=1S/C19H15N3O2S/c1-10-16(11(2)24-22-10)18(23)21-19-14(9-20)17-13-6-4-3-5-12(13)7-8-15(17)25-19/h3-6H,7-8H2,1-2H3,(H,21,23). The van der Waals surface area contributed by atoms with Crippen LogP contribution in [0.15, 0.2) is 28.8 Å². The van der Waals surface area contributed by atoms with Gasteiger partial charge in [0.25, 0.3) is 5.91 Å². The first-order valence-electron chi connectivity index (χ1n) is 7.98. The second-order valence-corrected chi connectivity index (χ2v) is 7.13. The molecule has 0 unspecified atom stereocenters. The molecule has 0 aliphatic heterocycles. The molecule has 0 atom stereocenters. The molecule has 1 aliphatic carbocycles. The number of thiophene rings is 1. The number of fused-ring (bicyclic) bond motifs is 3. The maximum atomic E-state index is 12.6. The highest BCUT2D eigenvalue weighted by Crippen LogP contribution is 2.44. The van der Waals surface area contributed by atoms with Gasteiger partial charge in [-0.3, -0.25) is 4.79 Å². The number of carbonyl (C=O) groups is 1. The molecule has 124 valence electrons. The fourth-order valence-electron chi connectivity index (χ4n) is 3.34. The van der Waals surface area contributed by atoms with Gasteiger partial charge in [0, 0.05) is 10.4 Å². The van der Waals surface area contributed by atoms with Gasteiger partial charge in [-0.1, -0.05) is 29.4 Å². The molecule has 1 aliphatic rings. The predicted molar refractivity (Wildman–Crippen MR) is 95.8 cm³/mol. The fraction of sp³-hybridized carbons (Fsp3) is 0.211. The van der Waals surface area contributed by atoms with Crippen LogP contribution in [0.2, 0.25) is 0 Å². The minimum atomic E-state index is -0.292. The third-order valence-corrected chi connectivity index (χ3v) is 5.65. The van der Waals surface area contributed by atoms with E-state index in [2.05, 4.69) is 22.6 Å². The third-order valence-electron chi connectivity index (χ3n) is 4.49. The lowest BCUT2D eigenvalue weighted by Crippen LogP contribution is -2.13. The molecule has 0 spiro atoms. The van der Waals surface area contributed by atoms with Crippen molar-refractivity contribution in [3.8, 4) is 17.2 Å². The van der Waals surface area contributed by atoms with E-state index >= 15 is 0 Å². The van der Waals surface area contributed by atoms with Crippen molar-refractivity contribution in [1.82, 2.24) is 5.16 Å². The number of nitrogens with one attached hydrogen (secondary N) is 1. The van der Waals surface area contributed by atoms with Crippen molar-refractivity contribution in [2.45, 2.75) is 26.7 Å². The number of nitriles is 1. The number of carbonyl (C=O) groups excluding carboxylic acids is 1. The monoisotopic (exact) mass is 349 g/mol. The van der Waals surface area contributed by atoms with Crippen LogP contribution in [0, 0.1) is 25.2 Å². The molecule has 5 nitrogen and oxygen atoms in total. The van der Waals surface area contributed by atoms with E-state index < -0.39 is 0 Å². The summed E-state index contributed by atoms with van der Waals surface area (Å²) in [5.74, 6) is 0.180. The van der Waals surface area contributed by atoms with Gasteiger partial charge in [-0.15, -0.1) is 11.3 Å². The Hall–Kier alpha value is -2.91. The summed E-state index contributed by atoms with van der Waals surface area (Å²) >= 11 is 1.48. The number of rotatable bonds is 2. The van der Waals surface area contributed by atoms with Crippen LogP contribution >= 0.6 is 11.3 Å². The van der Waals surface area contributed by atoms with E-state index in [1.807, 2.05) is 18.2 Å². The van der Waals surface area contributed by atoms with Crippen molar-refractivity contribution < 1.29 is 9.32 Å². The average molecular weight is 349 g/mol. The fourth-order valence-corrected chi connectivity index (χ4v) is 4.50.